The summed E-state index contributed by atoms with van der Waals surface area (Å²) < 4.78 is 5.89. The van der Waals surface area contributed by atoms with Crippen LogP contribution in [0.2, 0.25) is 0 Å². The van der Waals surface area contributed by atoms with E-state index in [2.05, 4.69) is 44.3 Å². The molecule has 0 amide bonds. The van der Waals surface area contributed by atoms with Crippen molar-refractivity contribution in [2.24, 2.45) is 5.92 Å². The van der Waals surface area contributed by atoms with E-state index in [0.29, 0.717) is 18.1 Å². The molecule has 2 rings (SSSR count). The smallest absolute Gasteiger partial charge is 0.0757 e. The summed E-state index contributed by atoms with van der Waals surface area (Å²) in [6.45, 7) is 7.54. The summed E-state index contributed by atoms with van der Waals surface area (Å²) in [6, 6.07) is 7.23. The zero-order chi connectivity index (χ0) is 13.1. The highest BCUT2D eigenvalue weighted by Crippen LogP contribution is 2.25. The molecule has 0 radical (unpaired) electrons. The molecule has 100 valence electrons. The zero-order valence-electron chi connectivity index (χ0n) is 12.0. The molecule has 3 unspecified atom stereocenters. The Morgan fingerprint density at radius 1 is 1.28 bits per heavy atom. The average Bonchev–Trinajstić information content (AvgIpc) is 2.71. The molecule has 1 aromatic rings. The standard InChI is InChI=1S/C16H25NO/c1-11-7-12(2)9-14(8-11)10-15(17-4)16-13(3)5-6-18-16/h7-9,13,15-17H,5-6,10H2,1-4H3. The highest BCUT2D eigenvalue weighted by molar-refractivity contribution is 5.29. The molecule has 3 atom stereocenters. The van der Waals surface area contributed by atoms with Crippen molar-refractivity contribution in [3.63, 3.8) is 0 Å². The summed E-state index contributed by atoms with van der Waals surface area (Å²) in [4.78, 5) is 0. The van der Waals surface area contributed by atoms with Crippen LogP contribution in [0.4, 0.5) is 0 Å². The maximum Gasteiger partial charge on any atom is 0.0757 e. The largest absolute Gasteiger partial charge is 0.376 e. The molecule has 18 heavy (non-hydrogen) atoms. The van der Waals surface area contributed by atoms with E-state index >= 15 is 0 Å². The lowest BCUT2D eigenvalue weighted by Gasteiger charge is -2.26. The first-order valence-electron chi connectivity index (χ1n) is 6.96. The van der Waals surface area contributed by atoms with Crippen molar-refractivity contribution >= 4 is 0 Å². The van der Waals surface area contributed by atoms with Gasteiger partial charge in [-0.1, -0.05) is 36.2 Å². The molecule has 1 heterocycles. The topological polar surface area (TPSA) is 21.3 Å². The van der Waals surface area contributed by atoms with Gasteiger partial charge in [0.15, 0.2) is 0 Å². The predicted molar refractivity (Wildman–Crippen MR) is 76.0 cm³/mol. The third-order valence-electron chi connectivity index (χ3n) is 3.95. The summed E-state index contributed by atoms with van der Waals surface area (Å²) in [5.41, 5.74) is 4.11. The van der Waals surface area contributed by atoms with Gasteiger partial charge in [0.1, 0.15) is 0 Å². The lowest BCUT2D eigenvalue weighted by atomic mass is 9.92. The molecule has 1 aliphatic rings. The molecule has 0 aromatic heterocycles. The fraction of sp³-hybridized carbons (Fsp3) is 0.625. The number of ether oxygens (including phenoxy) is 1. The Labute approximate surface area is 111 Å². The van der Waals surface area contributed by atoms with Crippen LogP contribution in [0, 0.1) is 19.8 Å². The van der Waals surface area contributed by atoms with Crippen LogP contribution in [0.15, 0.2) is 18.2 Å². The minimum absolute atomic E-state index is 0.357. The average molecular weight is 247 g/mol. The highest BCUT2D eigenvalue weighted by Gasteiger charge is 2.31. The van der Waals surface area contributed by atoms with Gasteiger partial charge in [0, 0.05) is 12.6 Å². The number of likely N-dealkylation sites (N-methyl/N-ethyl adjacent to an activating group) is 1. The molecule has 1 aromatic carbocycles. The van der Waals surface area contributed by atoms with Crippen molar-refractivity contribution in [3.8, 4) is 0 Å². The van der Waals surface area contributed by atoms with Crippen LogP contribution < -0.4 is 5.32 Å². The van der Waals surface area contributed by atoms with Gasteiger partial charge in [0.2, 0.25) is 0 Å². The van der Waals surface area contributed by atoms with Crippen LogP contribution in [-0.2, 0) is 11.2 Å². The van der Waals surface area contributed by atoms with Gasteiger partial charge in [-0.25, -0.2) is 0 Å². The van der Waals surface area contributed by atoms with Gasteiger partial charge in [-0.3, -0.25) is 0 Å². The van der Waals surface area contributed by atoms with E-state index in [1.165, 1.54) is 23.1 Å². The Bertz CT molecular complexity index is 382. The van der Waals surface area contributed by atoms with Gasteiger partial charge in [0.25, 0.3) is 0 Å². The van der Waals surface area contributed by atoms with Crippen LogP contribution in [0.5, 0.6) is 0 Å². The number of aryl methyl sites for hydroxylation is 2. The van der Waals surface area contributed by atoms with Crippen molar-refractivity contribution in [2.45, 2.75) is 45.8 Å². The Morgan fingerprint density at radius 2 is 1.94 bits per heavy atom. The van der Waals surface area contributed by atoms with Crippen LogP contribution in [0.1, 0.15) is 30.0 Å². The Kier molecular flexibility index (Phi) is 4.41. The minimum Gasteiger partial charge on any atom is -0.376 e. The Morgan fingerprint density at radius 3 is 2.44 bits per heavy atom. The van der Waals surface area contributed by atoms with Crippen LogP contribution in [0.25, 0.3) is 0 Å². The summed E-state index contributed by atoms with van der Waals surface area (Å²) >= 11 is 0. The fourth-order valence-corrected chi connectivity index (χ4v) is 3.05. The van der Waals surface area contributed by atoms with Crippen molar-refractivity contribution < 1.29 is 4.74 Å². The summed E-state index contributed by atoms with van der Waals surface area (Å²) in [7, 11) is 2.04. The molecule has 2 nitrogen and oxygen atoms in total. The molecular formula is C16H25NO. The first kappa shape index (κ1) is 13.6. The first-order valence-corrected chi connectivity index (χ1v) is 6.96. The van der Waals surface area contributed by atoms with Crippen molar-refractivity contribution in [1.29, 1.82) is 0 Å². The second kappa shape index (κ2) is 5.85. The summed E-state index contributed by atoms with van der Waals surface area (Å²) in [5, 5.41) is 3.44. The summed E-state index contributed by atoms with van der Waals surface area (Å²) in [6.07, 6.45) is 2.60. The minimum atomic E-state index is 0.357. The lowest BCUT2D eigenvalue weighted by Crippen LogP contribution is -2.41. The predicted octanol–water partition coefficient (Wildman–Crippen LogP) is 2.86. The molecule has 1 saturated heterocycles. The molecule has 2 heteroatoms. The Balaban J connectivity index is 2.09. The maximum absolute atomic E-state index is 5.89. The molecule has 0 saturated carbocycles. The van der Waals surface area contributed by atoms with Crippen molar-refractivity contribution in [3.05, 3.63) is 34.9 Å². The Hall–Kier alpha value is -0.860. The quantitative estimate of drug-likeness (QED) is 0.883. The molecule has 0 bridgehead atoms. The van der Waals surface area contributed by atoms with E-state index in [4.69, 9.17) is 4.74 Å². The monoisotopic (exact) mass is 247 g/mol. The number of hydrogen-bond acceptors (Lipinski definition) is 2. The molecule has 0 aliphatic carbocycles. The third kappa shape index (κ3) is 3.12. The van der Waals surface area contributed by atoms with Gasteiger partial charge in [-0.2, -0.15) is 0 Å². The van der Waals surface area contributed by atoms with E-state index in [0.717, 1.165) is 13.0 Å². The van der Waals surface area contributed by atoms with E-state index in [1.54, 1.807) is 0 Å². The van der Waals surface area contributed by atoms with E-state index < -0.39 is 0 Å². The highest BCUT2D eigenvalue weighted by atomic mass is 16.5. The van der Waals surface area contributed by atoms with Crippen LogP contribution in [-0.4, -0.2) is 25.8 Å². The second-order valence-corrected chi connectivity index (χ2v) is 5.70. The van der Waals surface area contributed by atoms with E-state index in [9.17, 15) is 0 Å². The van der Waals surface area contributed by atoms with E-state index in [1.807, 2.05) is 7.05 Å². The molecule has 0 spiro atoms. The zero-order valence-corrected chi connectivity index (χ0v) is 12.0. The second-order valence-electron chi connectivity index (χ2n) is 5.70. The van der Waals surface area contributed by atoms with Gasteiger partial charge in [0.05, 0.1) is 6.10 Å². The number of hydrogen-bond donors (Lipinski definition) is 1. The number of nitrogens with one attached hydrogen (secondary N) is 1. The maximum atomic E-state index is 5.89. The van der Waals surface area contributed by atoms with Gasteiger partial charge in [-0.15, -0.1) is 0 Å². The van der Waals surface area contributed by atoms with Gasteiger partial charge in [-0.05, 0) is 45.2 Å². The SMILES string of the molecule is CNC(Cc1cc(C)cc(C)c1)C1OCCC1C. The number of benzene rings is 1. The van der Waals surface area contributed by atoms with Gasteiger partial charge >= 0.3 is 0 Å². The lowest BCUT2D eigenvalue weighted by molar-refractivity contribution is 0.0634. The molecule has 1 fully saturated rings. The first-order chi connectivity index (χ1) is 8.60. The van der Waals surface area contributed by atoms with Crippen LogP contribution in [0.3, 0.4) is 0 Å². The molecular weight excluding hydrogens is 222 g/mol. The third-order valence-corrected chi connectivity index (χ3v) is 3.95. The van der Waals surface area contributed by atoms with Crippen LogP contribution >= 0.6 is 0 Å². The van der Waals surface area contributed by atoms with Crippen molar-refractivity contribution in [2.75, 3.05) is 13.7 Å². The summed E-state index contributed by atoms with van der Waals surface area (Å²) in [5.74, 6) is 0.661. The van der Waals surface area contributed by atoms with Crippen molar-refractivity contribution in [1.82, 2.24) is 5.32 Å². The normalized spacial score (nSPS) is 25.3. The van der Waals surface area contributed by atoms with E-state index in [-0.39, 0.29) is 0 Å². The molecule has 1 aliphatic heterocycles. The number of rotatable bonds is 4. The van der Waals surface area contributed by atoms with Gasteiger partial charge < -0.3 is 10.1 Å². The fourth-order valence-electron chi connectivity index (χ4n) is 3.05. The molecule has 1 N–H and O–H groups in total.